The lowest BCUT2D eigenvalue weighted by Gasteiger charge is -2.10. The lowest BCUT2D eigenvalue weighted by Crippen LogP contribution is -2.15. The first kappa shape index (κ1) is 13.5. The van der Waals surface area contributed by atoms with Gasteiger partial charge in [-0.05, 0) is 29.8 Å². The van der Waals surface area contributed by atoms with Gasteiger partial charge < -0.3 is 11.1 Å². The van der Waals surface area contributed by atoms with Gasteiger partial charge in [0.25, 0.3) is 5.91 Å². The van der Waals surface area contributed by atoms with Gasteiger partial charge in [-0.25, -0.2) is 4.39 Å². The van der Waals surface area contributed by atoms with Crippen LogP contribution in [0.1, 0.15) is 15.9 Å². The molecule has 0 heterocycles. The predicted octanol–water partition coefficient (Wildman–Crippen LogP) is 3.19. The van der Waals surface area contributed by atoms with Crippen LogP contribution in [0.15, 0.2) is 42.5 Å². The number of para-hydroxylation sites is 1. The van der Waals surface area contributed by atoms with E-state index in [9.17, 15) is 9.18 Å². The summed E-state index contributed by atoms with van der Waals surface area (Å²) in [4.78, 5) is 12.0. The summed E-state index contributed by atoms with van der Waals surface area (Å²) in [6.07, 6.45) is 0. The van der Waals surface area contributed by atoms with Crippen molar-refractivity contribution in [2.45, 2.75) is 6.54 Å². The fourth-order valence-electron chi connectivity index (χ4n) is 1.68. The maximum absolute atomic E-state index is 13.6. The van der Waals surface area contributed by atoms with E-state index >= 15 is 0 Å². The van der Waals surface area contributed by atoms with E-state index in [1.54, 1.807) is 18.2 Å². The highest BCUT2D eigenvalue weighted by Gasteiger charge is 2.13. The van der Waals surface area contributed by atoms with Gasteiger partial charge in [-0.2, -0.15) is 0 Å². The Morgan fingerprint density at radius 1 is 1.26 bits per heavy atom. The van der Waals surface area contributed by atoms with Gasteiger partial charge in [0.1, 0.15) is 5.82 Å². The molecule has 0 aromatic heterocycles. The Bertz CT molecular complexity index is 616. The Morgan fingerprint density at radius 3 is 2.68 bits per heavy atom. The maximum atomic E-state index is 13.6. The number of benzene rings is 2. The van der Waals surface area contributed by atoms with Crippen molar-refractivity contribution < 1.29 is 9.18 Å². The summed E-state index contributed by atoms with van der Waals surface area (Å²) in [6, 6.07) is 11.0. The van der Waals surface area contributed by atoms with Gasteiger partial charge in [0.2, 0.25) is 0 Å². The number of anilines is 1. The second-order valence-corrected chi connectivity index (χ2v) is 4.38. The zero-order chi connectivity index (χ0) is 13.8. The molecule has 0 fully saturated rings. The van der Waals surface area contributed by atoms with Gasteiger partial charge in [0.15, 0.2) is 0 Å². The first-order valence-corrected chi connectivity index (χ1v) is 6.04. The van der Waals surface area contributed by atoms with E-state index in [0.29, 0.717) is 12.2 Å². The van der Waals surface area contributed by atoms with E-state index in [1.807, 2.05) is 6.07 Å². The number of amides is 1. The molecule has 98 valence electrons. The summed E-state index contributed by atoms with van der Waals surface area (Å²) in [5.41, 5.74) is 6.87. The van der Waals surface area contributed by atoms with Crippen molar-refractivity contribution in [3.8, 4) is 0 Å². The molecule has 0 aliphatic rings. The van der Waals surface area contributed by atoms with E-state index in [4.69, 9.17) is 17.3 Å². The molecule has 0 bridgehead atoms. The molecule has 2 aromatic rings. The third kappa shape index (κ3) is 3.10. The molecule has 2 rings (SSSR count). The lowest BCUT2D eigenvalue weighted by molar-refractivity contribution is 0.102. The molecule has 5 heteroatoms. The van der Waals surface area contributed by atoms with E-state index in [0.717, 1.165) is 11.6 Å². The Labute approximate surface area is 115 Å². The van der Waals surface area contributed by atoms with Crippen molar-refractivity contribution in [2.75, 3.05) is 5.32 Å². The number of hydrogen-bond acceptors (Lipinski definition) is 2. The van der Waals surface area contributed by atoms with Crippen LogP contribution < -0.4 is 11.1 Å². The van der Waals surface area contributed by atoms with Crippen LogP contribution in [0.4, 0.5) is 10.1 Å². The van der Waals surface area contributed by atoms with Crippen LogP contribution in [0.2, 0.25) is 5.02 Å². The van der Waals surface area contributed by atoms with Crippen molar-refractivity contribution in [1.82, 2.24) is 0 Å². The van der Waals surface area contributed by atoms with Crippen molar-refractivity contribution in [2.24, 2.45) is 5.73 Å². The third-order valence-corrected chi connectivity index (χ3v) is 2.90. The number of hydrogen-bond donors (Lipinski definition) is 2. The minimum absolute atomic E-state index is 0.0591. The summed E-state index contributed by atoms with van der Waals surface area (Å²) in [6.45, 7) is 0.291. The second-order valence-electron chi connectivity index (χ2n) is 3.94. The summed E-state index contributed by atoms with van der Waals surface area (Å²) < 4.78 is 13.6. The smallest absolute Gasteiger partial charge is 0.258 e. The van der Waals surface area contributed by atoms with Crippen LogP contribution >= 0.6 is 11.6 Å². The van der Waals surface area contributed by atoms with Gasteiger partial charge in [-0.1, -0.05) is 29.8 Å². The molecule has 0 radical (unpaired) electrons. The fourth-order valence-corrected chi connectivity index (χ4v) is 1.84. The Morgan fingerprint density at radius 2 is 2.00 bits per heavy atom. The number of nitrogens with two attached hydrogens (primary N) is 1. The van der Waals surface area contributed by atoms with E-state index in [1.165, 1.54) is 12.1 Å². The van der Waals surface area contributed by atoms with E-state index < -0.39 is 11.7 Å². The van der Waals surface area contributed by atoms with Crippen LogP contribution in [0.5, 0.6) is 0 Å². The van der Waals surface area contributed by atoms with Gasteiger partial charge in [-0.3, -0.25) is 4.79 Å². The lowest BCUT2D eigenvalue weighted by atomic mass is 10.1. The largest absolute Gasteiger partial charge is 0.326 e. The average molecular weight is 279 g/mol. The van der Waals surface area contributed by atoms with Gasteiger partial charge in [0.05, 0.1) is 5.56 Å². The highest BCUT2D eigenvalue weighted by molar-refractivity contribution is 6.30. The second kappa shape index (κ2) is 5.82. The van der Waals surface area contributed by atoms with Crippen molar-refractivity contribution in [3.05, 3.63) is 64.4 Å². The summed E-state index contributed by atoms with van der Waals surface area (Å²) in [5, 5.41) is 2.88. The van der Waals surface area contributed by atoms with Crippen LogP contribution in [-0.2, 0) is 6.54 Å². The molecular weight excluding hydrogens is 267 g/mol. The summed E-state index contributed by atoms with van der Waals surface area (Å²) in [7, 11) is 0. The highest BCUT2D eigenvalue weighted by atomic mass is 35.5. The van der Waals surface area contributed by atoms with Crippen LogP contribution in [0, 0.1) is 5.82 Å². The maximum Gasteiger partial charge on any atom is 0.258 e. The Hall–Kier alpha value is -1.91. The molecule has 0 saturated carbocycles. The van der Waals surface area contributed by atoms with E-state index in [-0.39, 0.29) is 10.6 Å². The number of carbonyl (C=O) groups is 1. The normalized spacial score (nSPS) is 10.3. The molecule has 3 N–H and O–H groups in total. The molecule has 0 saturated heterocycles. The fraction of sp³-hybridized carbons (Fsp3) is 0.0714. The zero-order valence-electron chi connectivity index (χ0n) is 9.99. The SMILES string of the molecule is NCc1ccccc1NC(=O)c1ccc(Cl)cc1F. The first-order valence-electron chi connectivity index (χ1n) is 5.66. The van der Waals surface area contributed by atoms with Crippen LogP contribution in [0.3, 0.4) is 0 Å². The van der Waals surface area contributed by atoms with Crippen molar-refractivity contribution in [1.29, 1.82) is 0 Å². The summed E-state index contributed by atoms with van der Waals surface area (Å²) in [5.74, 6) is -1.19. The van der Waals surface area contributed by atoms with E-state index in [2.05, 4.69) is 5.32 Å². The molecule has 2 aromatic carbocycles. The molecule has 0 atom stereocenters. The zero-order valence-corrected chi connectivity index (χ0v) is 10.7. The molecule has 3 nitrogen and oxygen atoms in total. The Kier molecular flexibility index (Phi) is 4.14. The third-order valence-electron chi connectivity index (χ3n) is 2.66. The number of rotatable bonds is 3. The average Bonchev–Trinajstić information content (AvgIpc) is 2.39. The molecule has 0 unspecified atom stereocenters. The number of carbonyl (C=O) groups excluding carboxylic acids is 1. The number of halogens is 2. The Balaban J connectivity index is 2.26. The monoisotopic (exact) mass is 278 g/mol. The molecule has 19 heavy (non-hydrogen) atoms. The van der Waals surface area contributed by atoms with Gasteiger partial charge in [-0.15, -0.1) is 0 Å². The van der Waals surface area contributed by atoms with Gasteiger partial charge in [0, 0.05) is 17.3 Å². The number of nitrogens with one attached hydrogen (secondary N) is 1. The molecule has 0 aliphatic carbocycles. The van der Waals surface area contributed by atoms with Crippen LogP contribution in [0.25, 0.3) is 0 Å². The molecular formula is C14H12ClFN2O. The quantitative estimate of drug-likeness (QED) is 0.906. The van der Waals surface area contributed by atoms with Crippen molar-refractivity contribution in [3.63, 3.8) is 0 Å². The minimum atomic E-state index is -0.657. The van der Waals surface area contributed by atoms with Crippen molar-refractivity contribution >= 4 is 23.2 Å². The molecule has 0 spiro atoms. The summed E-state index contributed by atoms with van der Waals surface area (Å²) >= 11 is 5.64. The van der Waals surface area contributed by atoms with Crippen LogP contribution in [-0.4, -0.2) is 5.91 Å². The minimum Gasteiger partial charge on any atom is -0.326 e. The molecule has 0 aliphatic heterocycles. The standard InChI is InChI=1S/C14H12ClFN2O/c15-10-5-6-11(12(16)7-10)14(19)18-13-4-2-1-3-9(13)8-17/h1-7H,8,17H2,(H,18,19). The van der Waals surface area contributed by atoms with Gasteiger partial charge >= 0.3 is 0 Å². The topological polar surface area (TPSA) is 55.1 Å². The molecule has 1 amide bonds. The highest BCUT2D eigenvalue weighted by Crippen LogP contribution is 2.18. The predicted molar refractivity (Wildman–Crippen MR) is 73.7 cm³/mol. The first-order chi connectivity index (χ1) is 9.11.